The van der Waals surface area contributed by atoms with Gasteiger partial charge in [0.1, 0.15) is 6.54 Å². The molecule has 1 N–H and O–H groups in total. The predicted octanol–water partition coefficient (Wildman–Crippen LogP) is 1.86. The van der Waals surface area contributed by atoms with Crippen molar-refractivity contribution in [3.05, 3.63) is 42.0 Å². The SMILES string of the molecule is C=C1c2ccccc2C(=O)N1CC(=O)NC1CCN2CCCCC12. The van der Waals surface area contributed by atoms with E-state index in [1.807, 2.05) is 18.2 Å². The molecule has 0 spiro atoms. The smallest absolute Gasteiger partial charge is 0.259 e. The molecular formula is C19H23N3O2. The van der Waals surface area contributed by atoms with Crippen LogP contribution < -0.4 is 5.32 Å². The number of piperidine rings is 1. The predicted molar refractivity (Wildman–Crippen MR) is 92.3 cm³/mol. The van der Waals surface area contributed by atoms with Crippen LogP contribution in [-0.2, 0) is 4.79 Å². The molecule has 4 rings (SSSR count). The number of fused-ring (bicyclic) bond motifs is 2. The number of nitrogens with zero attached hydrogens (tertiary/aromatic N) is 2. The fourth-order valence-corrected chi connectivity index (χ4v) is 4.31. The number of benzene rings is 1. The second-order valence-corrected chi connectivity index (χ2v) is 6.95. The molecule has 3 heterocycles. The van der Waals surface area contributed by atoms with E-state index in [1.54, 1.807) is 6.07 Å². The summed E-state index contributed by atoms with van der Waals surface area (Å²) in [6, 6.07) is 8.08. The number of amides is 2. The van der Waals surface area contributed by atoms with Crippen LogP contribution in [0.15, 0.2) is 30.8 Å². The van der Waals surface area contributed by atoms with Crippen LogP contribution in [-0.4, -0.2) is 53.3 Å². The summed E-state index contributed by atoms with van der Waals surface area (Å²) >= 11 is 0. The zero-order valence-electron chi connectivity index (χ0n) is 13.8. The van der Waals surface area contributed by atoms with Gasteiger partial charge in [-0.25, -0.2) is 0 Å². The Labute approximate surface area is 142 Å². The topological polar surface area (TPSA) is 52.7 Å². The Morgan fingerprint density at radius 2 is 1.96 bits per heavy atom. The van der Waals surface area contributed by atoms with Gasteiger partial charge in [-0.15, -0.1) is 0 Å². The van der Waals surface area contributed by atoms with Crippen molar-refractivity contribution in [1.82, 2.24) is 15.1 Å². The van der Waals surface area contributed by atoms with Crippen molar-refractivity contribution < 1.29 is 9.59 Å². The quantitative estimate of drug-likeness (QED) is 0.923. The first-order chi connectivity index (χ1) is 11.6. The largest absolute Gasteiger partial charge is 0.350 e. The highest BCUT2D eigenvalue weighted by molar-refractivity contribution is 6.10. The Morgan fingerprint density at radius 1 is 1.17 bits per heavy atom. The molecule has 3 aliphatic rings. The average Bonchev–Trinajstić information content (AvgIpc) is 3.11. The fraction of sp³-hybridized carbons (Fsp3) is 0.474. The Hall–Kier alpha value is -2.14. The van der Waals surface area contributed by atoms with E-state index in [0.29, 0.717) is 17.3 Å². The first kappa shape index (κ1) is 15.4. The van der Waals surface area contributed by atoms with E-state index in [4.69, 9.17) is 0 Å². The van der Waals surface area contributed by atoms with Crippen molar-refractivity contribution in [3.8, 4) is 0 Å². The Morgan fingerprint density at radius 3 is 2.75 bits per heavy atom. The van der Waals surface area contributed by atoms with Crippen LogP contribution in [0.2, 0.25) is 0 Å². The molecular weight excluding hydrogens is 302 g/mol. The summed E-state index contributed by atoms with van der Waals surface area (Å²) < 4.78 is 0. The van der Waals surface area contributed by atoms with E-state index in [2.05, 4.69) is 16.8 Å². The van der Waals surface area contributed by atoms with Gasteiger partial charge >= 0.3 is 0 Å². The molecule has 2 saturated heterocycles. The normalized spacial score (nSPS) is 26.4. The fourth-order valence-electron chi connectivity index (χ4n) is 4.31. The number of carbonyl (C=O) groups excluding carboxylic acids is 2. The van der Waals surface area contributed by atoms with Crippen LogP contribution in [0.4, 0.5) is 0 Å². The van der Waals surface area contributed by atoms with Gasteiger partial charge < -0.3 is 5.32 Å². The lowest BCUT2D eigenvalue weighted by molar-refractivity contribution is -0.122. The number of hydrogen-bond donors (Lipinski definition) is 1. The highest BCUT2D eigenvalue weighted by Crippen LogP contribution is 2.31. The van der Waals surface area contributed by atoms with Crippen molar-refractivity contribution >= 4 is 17.5 Å². The van der Waals surface area contributed by atoms with Gasteiger partial charge in [-0.2, -0.15) is 0 Å². The van der Waals surface area contributed by atoms with E-state index in [0.717, 1.165) is 31.5 Å². The molecule has 2 atom stereocenters. The maximum Gasteiger partial charge on any atom is 0.259 e. The molecule has 2 amide bonds. The minimum Gasteiger partial charge on any atom is -0.350 e. The van der Waals surface area contributed by atoms with E-state index in [1.165, 1.54) is 17.7 Å². The summed E-state index contributed by atoms with van der Waals surface area (Å²) in [6.07, 6.45) is 4.67. The Bertz CT molecular complexity index is 665. The highest BCUT2D eigenvalue weighted by Gasteiger charge is 2.37. The maximum absolute atomic E-state index is 12.5. The lowest BCUT2D eigenvalue weighted by atomic mass is 9.99. The molecule has 2 unspecified atom stereocenters. The second-order valence-electron chi connectivity index (χ2n) is 6.95. The molecule has 126 valence electrons. The third-order valence-electron chi connectivity index (χ3n) is 5.54. The van der Waals surface area contributed by atoms with Gasteiger partial charge in [0.2, 0.25) is 5.91 Å². The van der Waals surface area contributed by atoms with E-state index < -0.39 is 0 Å². The molecule has 24 heavy (non-hydrogen) atoms. The molecule has 0 aromatic heterocycles. The minimum absolute atomic E-state index is 0.0512. The van der Waals surface area contributed by atoms with Gasteiger partial charge in [0, 0.05) is 35.5 Å². The summed E-state index contributed by atoms with van der Waals surface area (Å²) in [5.74, 6) is -0.216. The third-order valence-corrected chi connectivity index (χ3v) is 5.54. The van der Waals surface area contributed by atoms with Crippen molar-refractivity contribution in [3.63, 3.8) is 0 Å². The second kappa shape index (κ2) is 6.06. The van der Waals surface area contributed by atoms with Gasteiger partial charge in [0.15, 0.2) is 0 Å². The zero-order chi connectivity index (χ0) is 16.7. The molecule has 5 nitrogen and oxygen atoms in total. The minimum atomic E-state index is -0.128. The Balaban J connectivity index is 1.40. The highest BCUT2D eigenvalue weighted by atomic mass is 16.2. The van der Waals surface area contributed by atoms with E-state index in [9.17, 15) is 9.59 Å². The van der Waals surface area contributed by atoms with Gasteiger partial charge in [0.25, 0.3) is 5.91 Å². The van der Waals surface area contributed by atoms with E-state index >= 15 is 0 Å². The first-order valence-corrected chi connectivity index (χ1v) is 8.79. The van der Waals surface area contributed by atoms with Crippen LogP contribution in [0.1, 0.15) is 41.6 Å². The summed E-state index contributed by atoms with van der Waals surface area (Å²) in [5.41, 5.74) is 2.08. The first-order valence-electron chi connectivity index (χ1n) is 8.79. The number of carbonyl (C=O) groups is 2. The van der Waals surface area contributed by atoms with Gasteiger partial charge in [-0.3, -0.25) is 19.4 Å². The molecule has 0 saturated carbocycles. The van der Waals surface area contributed by atoms with Crippen LogP contribution in [0.25, 0.3) is 5.70 Å². The molecule has 2 fully saturated rings. The van der Waals surface area contributed by atoms with Crippen molar-refractivity contribution in [2.45, 2.75) is 37.8 Å². The standard InChI is InChI=1S/C19H23N3O2/c1-13-14-6-2-3-7-15(14)19(24)22(13)12-18(23)20-16-9-11-21-10-5-4-8-17(16)21/h2-3,6-7,16-17H,1,4-5,8-12H2,(H,20,23). The summed E-state index contributed by atoms with van der Waals surface area (Å²) in [7, 11) is 0. The molecule has 0 radical (unpaired) electrons. The van der Waals surface area contributed by atoms with Crippen LogP contribution in [0.5, 0.6) is 0 Å². The third kappa shape index (κ3) is 2.53. The average molecular weight is 325 g/mol. The van der Waals surface area contributed by atoms with Crippen LogP contribution in [0, 0.1) is 0 Å². The van der Waals surface area contributed by atoms with Crippen LogP contribution in [0.3, 0.4) is 0 Å². The number of nitrogens with one attached hydrogen (secondary N) is 1. The number of hydrogen-bond acceptors (Lipinski definition) is 3. The molecule has 1 aromatic rings. The maximum atomic E-state index is 12.5. The number of rotatable bonds is 3. The lowest BCUT2D eigenvalue weighted by Gasteiger charge is -2.32. The van der Waals surface area contributed by atoms with Crippen molar-refractivity contribution in [2.24, 2.45) is 0 Å². The summed E-state index contributed by atoms with van der Waals surface area (Å²) in [4.78, 5) is 29.0. The van der Waals surface area contributed by atoms with Crippen molar-refractivity contribution in [2.75, 3.05) is 19.6 Å². The lowest BCUT2D eigenvalue weighted by Crippen LogP contribution is -2.49. The molecule has 5 heteroatoms. The summed E-state index contributed by atoms with van der Waals surface area (Å²) in [6.45, 7) is 6.26. The zero-order valence-corrected chi connectivity index (χ0v) is 13.8. The van der Waals surface area contributed by atoms with Crippen molar-refractivity contribution in [1.29, 1.82) is 0 Å². The molecule has 3 aliphatic heterocycles. The molecule has 0 aliphatic carbocycles. The molecule has 1 aromatic carbocycles. The summed E-state index contributed by atoms with van der Waals surface area (Å²) in [5, 5.41) is 3.16. The van der Waals surface area contributed by atoms with Gasteiger partial charge in [-0.1, -0.05) is 31.2 Å². The van der Waals surface area contributed by atoms with Gasteiger partial charge in [-0.05, 0) is 31.9 Å². The monoisotopic (exact) mass is 325 g/mol. The van der Waals surface area contributed by atoms with E-state index in [-0.39, 0.29) is 24.4 Å². The Kier molecular flexibility index (Phi) is 3.88. The van der Waals surface area contributed by atoms with Gasteiger partial charge in [0.05, 0.1) is 0 Å². The molecule has 0 bridgehead atoms. The van der Waals surface area contributed by atoms with Crippen LogP contribution >= 0.6 is 0 Å².